The van der Waals surface area contributed by atoms with Crippen LogP contribution in [0.15, 0.2) is 12.1 Å². The Kier molecular flexibility index (Phi) is 6.61. The van der Waals surface area contributed by atoms with Crippen molar-refractivity contribution in [3.8, 4) is 5.75 Å². The number of nitro groups is 1. The lowest BCUT2D eigenvalue weighted by Gasteiger charge is -2.09. The van der Waals surface area contributed by atoms with Gasteiger partial charge in [0.2, 0.25) is 5.75 Å². The molecule has 0 amide bonds. The van der Waals surface area contributed by atoms with Gasteiger partial charge in [-0.15, -0.1) is 0 Å². The van der Waals surface area contributed by atoms with E-state index in [2.05, 4.69) is 0 Å². The fraction of sp³-hybridized carbons (Fsp3) is 0.385. The topological polar surface area (TPSA) is 95.7 Å². The van der Waals surface area contributed by atoms with Gasteiger partial charge in [0.05, 0.1) is 28.7 Å². The summed E-state index contributed by atoms with van der Waals surface area (Å²) in [7, 11) is 0. The fourth-order valence-electron chi connectivity index (χ4n) is 1.61. The number of carbonyl (C=O) groups is 2. The van der Waals surface area contributed by atoms with Gasteiger partial charge in [-0.3, -0.25) is 19.7 Å². The van der Waals surface area contributed by atoms with Crippen LogP contribution in [0.3, 0.4) is 0 Å². The second-order valence-electron chi connectivity index (χ2n) is 3.95. The third-order valence-corrected chi connectivity index (χ3v) is 2.80. The molecule has 21 heavy (non-hydrogen) atoms. The number of rotatable bonds is 8. The van der Waals surface area contributed by atoms with Crippen molar-refractivity contribution in [2.75, 3.05) is 13.2 Å². The van der Waals surface area contributed by atoms with E-state index in [4.69, 9.17) is 21.1 Å². The summed E-state index contributed by atoms with van der Waals surface area (Å²) in [4.78, 5) is 32.2. The molecule has 7 nitrogen and oxygen atoms in total. The molecule has 0 saturated carbocycles. The Morgan fingerprint density at radius 3 is 2.76 bits per heavy atom. The predicted octanol–water partition coefficient (Wildman–Crippen LogP) is 2.78. The highest BCUT2D eigenvalue weighted by Crippen LogP contribution is 2.37. The van der Waals surface area contributed by atoms with Crippen molar-refractivity contribution in [3.05, 3.63) is 32.8 Å². The van der Waals surface area contributed by atoms with Gasteiger partial charge in [-0.2, -0.15) is 0 Å². The number of ether oxygens (including phenoxy) is 2. The van der Waals surface area contributed by atoms with Crippen LogP contribution in [0.4, 0.5) is 5.69 Å². The lowest BCUT2D eigenvalue weighted by molar-refractivity contribution is -0.386. The summed E-state index contributed by atoms with van der Waals surface area (Å²) >= 11 is 5.86. The first-order valence-electron chi connectivity index (χ1n) is 6.21. The Hall–Kier alpha value is -2.15. The maximum atomic E-state index is 11.1. The SMILES string of the molecule is CCOC(=O)CCCOc1c(Cl)ccc(C=O)c1[N+](=O)[O-]. The van der Waals surface area contributed by atoms with Gasteiger partial charge in [0.25, 0.3) is 0 Å². The summed E-state index contributed by atoms with van der Waals surface area (Å²) < 4.78 is 10.0. The molecule has 0 fully saturated rings. The van der Waals surface area contributed by atoms with Crippen molar-refractivity contribution in [2.24, 2.45) is 0 Å². The zero-order valence-corrected chi connectivity index (χ0v) is 12.1. The first-order chi connectivity index (χ1) is 10.0. The minimum atomic E-state index is -0.726. The zero-order valence-electron chi connectivity index (χ0n) is 11.3. The molecule has 0 heterocycles. The lowest BCUT2D eigenvalue weighted by atomic mass is 10.2. The summed E-state index contributed by atoms with van der Waals surface area (Å²) in [6.45, 7) is 2.03. The highest BCUT2D eigenvalue weighted by molar-refractivity contribution is 6.32. The van der Waals surface area contributed by atoms with E-state index in [0.29, 0.717) is 19.3 Å². The monoisotopic (exact) mass is 315 g/mol. The second kappa shape index (κ2) is 8.21. The maximum absolute atomic E-state index is 11.1. The van der Waals surface area contributed by atoms with E-state index in [-0.39, 0.29) is 35.3 Å². The van der Waals surface area contributed by atoms with Crippen LogP contribution in [0, 0.1) is 10.1 Å². The van der Waals surface area contributed by atoms with Gasteiger partial charge in [-0.05, 0) is 25.5 Å². The van der Waals surface area contributed by atoms with Gasteiger partial charge < -0.3 is 9.47 Å². The minimum absolute atomic E-state index is 0.0310. The van der Waals surface area contributed by atoms with Crippen molar-refractivity contribution in [1.82, 2.24) is 0 Å². The lowest BCUT2D eigenvalue weighted by Crippen LogP contribution is -2.08. The van der Waals surface area contributed by atoms with Crippen LogP contribution in [-0.4, -0.2) is 30.4 Å². The Labute approximate surface area is 125 Å². The number of nitro benzene ring substituents is 1. The van der Waals surface area contributed by atoms with Crippen LogP contribution >= 0.6 is 11.6 Å². The fourth-order valence-corrected chi connectivity index (χ4v) is 1.81. The van der Waals surface area contributed by atoms with E-state index in [1.807, 2.05) is 0 Å². The number of aldehydes is 1. The largest absolute Gasteiger partial charge is 0.486 e. The van der Waals surface area contributed by atoms with E-state index in [1.54, 1.807) is 6.92 Å². The second-order valence-corrected chi connectivity index (χ2v) is 4.35. The molecular weight excluding hydrogens is 302 g/mol. The standard InChI is InChI=1S/C13H14ClNO6/c1-2-20-11(17)4-3-7-21-13-10(14)6-5-9(8-16)12(13)15(18)19/h5-6,8H,2-4,7H2,1H3. The summed E-state index contributed by atoms with van der Waals surface area (Å²) in [5.74, 6) is -0.543. The molecule has 0 N–H and O–H groups in total. The molecule has 1 aromatic carbocycles. The molecule has 0 unspecified atom stereocenters. The molecule has 0 aromatic heterocycles. The average Bonchev–Trinajstić information content (AvgIpc) is 2.44. The molecule has 114 valence electrons. The van der Waals surface area contributed by atoms with Crippen LogP contribution in [-0.2, 0) is 9.53 Å². The number of benzene rings is 1. The maximum Gasteiger partial charge on any atom is 0.322 e. The third-order valence-electron chi connectivity index (χ3n) is 2.50. The third kappa shape index (κ3) is 4.71. The number of hydrogen-bond donors (Lipinski definition) is 0. The molecule has 0 spiro atoms. The summed E-state index contributed by atoms with van der Waals surface area (Å²) in [5, 5.41) is 11.0. The minimum Gasteiger partial charge on any atom is -0.486 e. The van der Waals surface area contributed by atoms with Crippen molar-refractivity contribution in [1.29, 1.82) is 0 Å². The van der Waals surface area contributed by atoms with Gasteiger partial charge in [-0.25, -0.2) is 0 Å². The first-order valence-corrected chi connectivity index (χ1v) is 6.59. The van der Waals surface area contributed by atoms with Crippen LogP contribution in [0.2, 0.25) is 5.02 Å². The molecule has 0 radical (unpaired) electrons. The number of esters is 1. The molecule has 0 atom stereocenters. The quantitative estimate of drug-likeness (QED) is 0.240. The Bertz CT molecular complexity index is 546. The van der Waals surface area contributed by atoms with Gasteiger partial charge in [0.15, 0.2) is 6.29 Å². The number of carbonyl (C=O) groups excluding carboxylic acids is 2. The van der Waals surface area contributed by atoms with Gasteiger partial charge in [0, 0.05) is 6.42 Å². The van der Waals surface area contributed by atoms with E-state index >= 15 is 0 Å². The van der Waals surface area contributed by atoms with Crippen LogP contribution in [0.1, 0.15) is 30.1 Å². The molecule has 0 aliphatic rings. The number of nitrogens with zero attached hydrogens (tertiary/aromatic N) is 1. The van der Waals surface area contributed by atoms with E-state index in [0.717, 1.165) is 0 Å². The Balaban J connectivity index is 2.76. The van der Waals surface area contributed by atoms with Crippen LogP contribution < -0.4 is 4.74 Å². The Morgan fingerprint density at radius 2 is 2.19 bits per heavy atom. The molecule has 1 aromatic rings. The summed E-state index contributed by atoms with van der Waals surface area (Å²) in [5.41, 5.74) is -0.599. The van der Waals surface area contributed by atoms with Crippen molar-refractivity contribution in [2.45, 2.75) is 19.8 Å². The summed E-state index contributed by atoms with van der Waals surface area (Å²) in [6, 6.07) is 2.60. The zero-order chi connectivity index (χ0) is 15.8. The molecule has 0 aliphatic carbocycles. The smallest absolute Gasteiger partial charge is 0.322 e. The van der Waals surface area contributed by atoms with Crippen molar-refractivity contribution >= 4 is 29.5 Å². The molecule has 0 aliphatic heterocycles. The van der Waals surface area contributed by atoms with Crippen molar-refractivity contribution < 1.29 is 24.0 Å². The number of halogens is 1. The van der Waals surface area contributed by atoms with Gasteiger partial charge >= 0.3 is 11.7 Å². The number of hydrogen-bond acceptors (Lipinski definition) is 6. The van der Waals surface area contributed by atoms with Gasteiger partial charge in [0.1, 0.15) is 0 Å². The normalized spacial score (nSPS) is 10.0. The molecular formula is C13H14ClNO6. The predicted molar refractivity (Wildman–Crippen MR) is 74.9 cm³/mol. The first kappa shape index (κ1) is 16.9. The average molecular weight is 316 g/mol. The van der Waals surface area contributed by atoms with Crippen LogP contribution in [0.5, 0.6) is 5.75 Å². The highest BCUT2D eigenvalue weighted by Gasteiger charge is 2.24. The molecule has 1 rings (SSSR count). The molecule has 0 saturated heterocycles. The van der Waals surface area contributed by atoms with Gasteiger partial charge in [-0.1, -0.05) is 11.6 Å². The van der Waals surface area contributed by atoms with E-state index in [1.165, 1.54) is 12.1 Å². The van der Waals surface area contributed by atoms with E-state index < -0.39 is 10.6 Å². The van der Waals surface area contributed by atoms with Crippen molar-refractivity contribution in [3.63, 3.8) is 0 Å². The highest BCUT2D eigenvalue weighted by atomic mass is 35.5. The summed E-state index contributed by atoms with van der Waals surface area (Å²) in [6.07, 6.45) is 0.810. The molecule has 0 bridgehead atoms. The Morgan fingerprint density at radius 1 is 1.48 bits per heavy atom. The van der Waals surface area contributed by atoms with E-state index in [9.17, 15) is 19.7 Å². The molecule has 8 heteroatoms. The van der Waals surface area contributed by atoms with Crippen LogP contribution in [0.25, 0.3) is 0 Å².